The second-order valence-electron chi connectivity index (χ2n) is 18.9. The molecule has 6 aromatic rings. The number of benzene rings is 6. The summed E-state index contributed by atoms with van der Waals surface area (Å²) in [5, 5.41) is 0. The monoisotopic (exact) mass is 743 g/mol. The van der Waals surface area contributed by atoms with E-state index in [4.69, 9.17) is 0 Å². The normalized spacial score (nSPS) is 23.8. The summed E-state index contributed by atoms with van der Waals surface area (Å²) >= 11 is 0. The molecule has 0 aromatic heterocycles. The average molecular weight is 744 g/mol. The van der Waals surface area contributed by atoms with Crippen LogP contribution >= 0.6 is 0 Å². The molecule has 57 heavy (non-hydrogen) atoms. The van der Waals surface area contributed by atoms with Crippen LogP contribution in [-0.2, 0) is 16.2 Å². The Morgan fingerprint density at radius 3 is 1.67 bits per heavy atom. The van der Waals surface area contributed by atoms with E-state index in [1.807, 2.05) is 0 Å². The van der Waals surface area contributed by atoms with Gasteiger partial charge in [-0.2, -0.15) is 0 Å². The van der Waals surface area contributed by atoms with Gasteiger partial charge >= 0.3 is 0 Å². The van der Waals surface area contributed by atoms with Crippen LogP contribution in [0.1, 0.15) is 126 Å². The Labute approximate surface area is 341 Å². The first kappa shape index (κ1) is 35.3. The molecule has 0 N–H and O–H groups in total. The Morgan fingerprint density at radius 2 is 1.02 bits per heavy atom. The zero-order chi connectivity index (χ0) is 38.7. The lowest BCUT2D eigenvalue weighted by molar-refractivity contribution is 0.0905. The maximum Gasteiger partial charge on any atom is 0.0543 e. The lowest BCUT2D eigenvalue weighted by Crippen LogP contribution is -2.47. The Kier molecular flexibility index (Phi) is 7.93. The summed E-state index contributed by atoms with van der Waals surface area (Å²) < 4.78 is 0. The highest BCUT2D eigenvalue weighted by Gasteiger charge is 2.56. The minimum atomic E-state index is -0.0863. The van der Waals surface area contributed by atoms with Gasteiger partial charge in [-0.15, -0.1) is 0 Å². The molecule has 0 amide bonds. The first-order valence-electron chi connectivity index (χ1n) is 22.4. The molecule has 5 aliphatic rings. The van der Waals surface area contributed by atoms with Crippen molar-refractivity contribution in [1.82, 2.24) is 0 Å². The topological polar surface area (TPSA) is 3.24 Å². The number of hydrogen-bond donors (Lipinski definition) is 0. The first-order valence-corrected chi connectivity index (χ1v) is 22.4. The molecule has 5 aliphatic carbocycles. The van der Waals surface area contributed by atoms with Gasteiger partial charge in [0.2, 0.25) is 0 Å². The van der Waals surface area contributed by atoms with Crippen LogP contribution in [0.25, 0.3) is 33.4 Å². The van der Waals surface area contributed by atoms with E-state index in [2.05, 4.69) is 167 Å². The summed E-state index contributed by atoms with van der Waals surface area (Å²) in [5.74, 6) is 2.04. The molecule has 2 saturated carbocycles. The van der Waals surface area contributed by atoms with Crippen LogP contribution in [0.15, 0.2) is 127 Å². The van der Waals surface area contributed by atoms with Gasteiger partial charge in [0.1, 0.15) is 0 Å². The minimum Gasteiger partial charge on any atom is -0.310 e. The number of hydrogen-bond acceptors (Lipinski definition) is 1. The summed E-state index contributed by atoms with van der Waals surface area (Å²) in [6, 6.07) is 50.4. The molecule has 0 saturated heterocycles. The van der Waals surface area contributed by atoms with E-state index < -0.39 is 0 Å². The predicted molar refractivity (Wildman–Crippen MR) is 240 cm³/mol. The molecule has 11 rings (SSSR count). The van der Waals surface area contributed by atoms with Crippen LogP contribution in [0.5, 0.6) is 0 Å². The fourth-order valence-corrected chi connectivity index (χ4v) is 13.7. The molecule has 0 heterocycles. The molecule has 6 aromatic carbocycles. The Hall–Kier alpha value is -4.88. The van der Waals surface area contributed by atoms with Gasteiger partial charge in [0, 0.05) is 33.2 Å². The number of nitrogens with zero attached hydrogens (tertiary/aromatic N) is 1. The van der Waals surface area contributed by atoms with Gasteiger partial charge in [0.15, 0.2) is 0 Å². The summed E-state index contributed by atoms with van der Waals surface area (Å²) in [7, 11) is 0. The van der Waals surface area contributed by atoms with E-state index in [1.54, 1.807) is 16.7 Å². The molecule has 0 radical (unpaired) electrons. The fourth-order valence-electron chi connectivity index (χ4n) is 13.7. The van der Waals surface area contributed by atoms with E-state index in [1.165, 1.54) is 125 Å². The third-order valence-electron chi connectivity index (χ3n) is 16.2. The Bertz CT molecular complexity index is 2550. The molecular formula is C56H57N. The van der Waals surface area contributed by atoms with Gasteiger partial charge in [-0.05, 0) is 135 Å². The standard InChI is InChI=1S/C56H57N/c1-6-36-32-37(7-2)56(38(8-3)33-36)48-23-14-11-20-45(48)53-49(56)24-17-25-52(53)57(39-26-28-43-41-18-9-12-21-46(41)54(4,5)50(43)34-39)40-27-29-44-42-19-10-13-22-47(42)55(51(44)35-40)30-15-16-31-55/h9-14,17-29,34-38H,6-8,15-16,30-33H2,1-5H3. The lowest BCUT2D eigenvalue weighted by atomic mass is 9.52. The van der Waals surface area contributed by atoms with E-state index in [0.29, 0.717) is 11.8 Å². The SMILES string of the molecule is CCC1CC(CC)C2(c3ccccc3-c3c(N(c4ccc5c(c4)C(C)(C)c4ccccc4-5)c4ccc5c(c4)C4(CCCC4)c4ccccc4-5)cccc32)C(CC)C1. The van der Waals surface area contributed by atoms with Crippen molar-refractivity contribution in [3.63, 3.8) is 0 Å². The van der Waals surface area contributed by atoms with Gasteiger partial charge in [0.25, 0.3) is 0 Å². The quantitative estimate of drug-likeness (QED) is 0.164. The second-order valence-corrected chi connectivity index (χ2v) is 18.9. The average Bonchev–Trinajstić information content (AvgIpc) is 3.99. The largest absolute Gasteiger partial charge is 0.310 e. The van der Waals surface area contributed by atoms with Crippen molar-refractivity contribution >= 4 is 17.1 Å². The zero-order valence-corrected chi connectivity index (χ0v) is 34.7. The van der Waals surface area contributed by atoms with Crippen LogP contribution in [0, 0.1) is 17.8 Å². The maximum atomic E-state index is 2.68. The maximum absolute atomic E-state index is 2.68. The van der Waals surface area contributed by atoms with E-state index in [0.717, 1.165) is 5.92 Å². The van der Waals surface area contributed by atoms with E-state index in [9.17, 15) is 0 Å². The van der Waals surface area contributed by atoms with Crippen molar-refractivity contribution in [2.75, 3.05) is 4.90 Å². The summed E-state index contributed by atoms with van der Waals surface area (Å²) in [4.78, 5) is 2.68. The van der Waals surface area contributed by atoms with E-state index >= 15 is 0 Å². The zero-order valence-electron chi connectivity index (χ0n) is 34.7. The fraction of sp³-hybridized carbons (Fsp3) is 0.357. The highest BCUT2D eigenvalue weighted by atomic mass is 15.1. The molecule has 2 fully saturated rings. The smallest absolute Gasteiger partial charge is 0.0543 e. The van der Waals surface area contributed by atoms with Crippen LogP contribution in [-0.4, -0.2) is 0 Å². The van der Waals surface area contributed by atoms with Crippen LogP contribution in [0.3, 0.4) is 0 Å². The molecule has 2 unspecified atom stereocenters. The highest BCUT2D eigenvalue weighted by molar-refractivity contribution is 5.97. The second kappa shape index (κ2) is 12.8. The lowest BCUT2D eigenvalue weighted by Gasteiger charge is -2.51. The number of fused-ring (bicyclic) bond motifs is 13. The molecule has 2 atom stereocenters. The third kappa shape index (κ3) is 4.64. The predicted octanol–water partition coefficient (Wildman–Crippen LogP) is 15.4. The number of anilines is 3. The van der Waals surface area contributed by atoms with Crippen LogP contribution in [0.4, 0.5) is 17.1 Å². The first-order chi connectivity index (χ1) is 27.9. The van der Waals surface area contributed by atoms with Crippen molar-refractivity contribution in [3.8, 4) is 33.4 Å². The number of rotatable bonds is 6. The highest BCUT2D eigenvalue weighted by Crippen LogP contribution is 2.66. The molecule has 0 bridgehead atoms. The van der Waals surface area contributed by atoms with Crippen LogP contribution in [0.2, 0.25) is 0 Å². The van der Waals surface area contributed by atoms with Crippen molar-refractivity contribution in [1.29, 1.82) is 0 Å². The van der Waals surface area contributed by atoms with Gasteiger partial charge in [-0.3, -0.25) is 0 Å². The Morgan fingerprint density at radius 1 is 0.491 bits per heavy atom. The molecule has 0 aliphatic heterocycles. The molecule has 1 nitrogen and oxygen atoms in total. The molecule has 286 valence electrons. The Balaban J connectivity index is 1.18. The van der Waals surface area contributed by atoms with Gasteiger partial charge in [-0.25, -0.2) is 0 Å². The van der Waals surface area contributed by atoms with E-state index in [-0.39, 0.29) is 16.2 Å². The molecular weight excluding hydrogens is 687 g/mol. The summed E-state index contributed by atoms with van der Waals surface area (Å²) in [6.07, 6.45) is 11.4. The summed E-state index contributed by atoms with van der Waals surface area (Å²) in [5.41, 5.74) is 21.6. The third-order valence-corrected chi connectivity index (χ3v) is 16.2. The van der Waals surface area contributed by atoms with Crippen LogP contribution < -0.4 is 4.90 Å². The minimum absolute atomic E-state index is 0.0256. The summed E-state index contributed by atoms with van der Waals surface area (Å²) in [6.45, 7) is 12.2. The van der Waals surface area contributed by atoms with Gasteiger partial charge in [0.05, 0.1) is 5.69 Å². The van der Waals surface area contributed by atoms with Crippen molar-refractivity contribution < 1.29 is 0 Å². The van der Waals surface area contributed by atoms with Gasteiger partial charge in [-0.1, -0.05) is 164 Å². The van der Waals surface area contributed by atoms with Crippen molar-refractivity contribution in [2.24, 2.45) is 17.8 Å². The molecule has 2 spiro atoms. The van der Waals surface area contributed by atoms with Crippen molar-refractivity contribution in [3.05, 3.63) is 161 Å². The molecule has 1 heteroatoms. The van der Waals surface area contributed by atoms with Gasteiger partial charge < -0.3 is 4.90 Å². The van der Waals surface area contributed by atoms with Crippen molar-refractivity contribution in [2.45, 2.75) is 109 Å².